The molecule has 0 atom stereocenters. The first-order chi connectivity index (χ1) is 14.0. The highest BCUT2D eigenvalue weighted by atomic mass is 32.1. The maximum absolute atomic E-state index is 12.5. The molecule has 0 unspecified atom stereocenters. The van der Waals surface area contributed by atoms with Gasteiger partial charge < -0.3 is 16.8 Å². The lowest BCUT2D eigenvalue weighted by Crippen LogP contribution is -2.11. The van der Waals surface area contributed by atoms with Crippen molar-refractivity contribution in [2.45, 2.75) is 0 Å². The summed E-state index contributed by atoms with van der Waals surface area (Å²) in [6.45, 7) is 0. The lowest BCUT2D eigenvalue weighted by molar-refractivity contribution is 0.101. The first kappa shape index (κ1) is 18.5. The number of hydrogen-bond donors (Lipinski definition) is 4. The number of benzene rings is 3. The van der Waals surface area contributed by atoms with Gasteiger partial charge in [0.2, 0.25) is 0 Å². The van der Waals surface area contributed by atoms with Crippen LogP contribution in [0.1, 0.15) is 20.7 Å². The molecule has 0 spiro atoms. The number of nitrogens with zero attached hydrogens (tertiary/aromatic N) is 1. The lowest BCUT2D eigenvalue weighted by Gasteiger charge is -2.05. The van der Waals surface area contributed by atoms with Gasteiger partial charge in [0, 0.05) is 28.2 Å². The van der Waals surface area contributed by atoms with E-state index in [0.717, 1.165) is 4.70 Å². The quantitative estimate of drug-likeness (QED) is 0.384. The molecule has 4 rings (SSSR count). The molecular weight excluding hydrogens is 386 g/mol. The van der Waals surface area contributed by atoms with Gasteiger partial charge in [0.05, 0.1) is 10.2 Å². The van der Waals surface area contributed by atoms with Gasteiger partial charge in [-0.2, -0.15) is 0 Å². The zero-order valence-electron chi connectivity index (χ0n) is 15.2. The summed E-state index contributed by atoms with van der Waals surface area (Å²) in [5, 5.41) is 6.06. The zero-order valence-corrected chi connectivity index (χ0v) is 16.0. The first-order valence-electron chi connectivity index (χ1n) is 8.72. The number of carbonyl (C=O) groups excluding carboxylic acids is 2. The molecule has 0 aliphatic carbocycles. The molecule has 0 radical (unpaired) electrons. The van der Waals surface area contributed by atoms with Crippen LogP contribution in [-0.4, -0.2) is 16.8 Å². The van der Waals surface area contributed by atoms with E-state index in [1.165, 1.54) is 11.3 Å². The number of nitrogens with two attached hydrogens (primary N) is 2. The van der Waals surface area contributed by atoms with Crippen molar-refractivity contribution in [2.75, 3.05) is 22.1 Å². The topological polar surface area (TPSA) is 123 Å². The highest BCUT2D eigenvalue weighted by molar-refractivity contribution is 7.22. The number of nitrogens with one attached hydrogen (secondary N) is 2. The average Bonchev–Trinajstić information content (AvgIpc) is 3.11. The number of rotatable bonds is 4. The van der Waals surface area contributed by atoms with Crippen molar-refractivity contribution in [1.82, 2.24) is 4.98 Å². The molecule has 8 heteroatoms. The summed E-state index contributed by atoms with van der Waals surface area (Å²) >= 11 is 1.30. The normalized spacial score (nSPS) is 10.6. The van der Waals surface area contributed by atoms with Crippen molar-refractivity contribution < 1.29 is 9.59 Å². The summed E-state index contributed by atoms with van der Waals surface area (Å²) in [5.41, 5.74) is 14.9. The second-order valence-electron chi connectivity index (χ2n) is 6.35. The van der Waals surface area contributed by atoms with E-state index in [4.69, 9.17) is 11.5 Å². The van der Waals surface area contributed by atoms with Crippen LogP contribution in [0, 0.1) is 0 Å². The van der Waals surface area contributed by atoms with Crippen molar-refractivity contribution in [3.05, 3.63) is 77.9 Å². The molecule has 3 aromatic carbocycles. The number of thiazole rings is 1. The van der Waals surface area contributed by atoms with Crippen LogP contribution in [0.3, 0.4) is 0 Å². The molecule has 144 valence electrons. The molecule has 6 N–H and O–H groups in total. The Labute approximate surface area is 170 Å². The number of amides is 2. The van der Waals surface area contributed by atoms with Crippen LogP contribution < -0.4 is 22.1 Å². The molecule has 0 fully saturated rings. The van der Waals surface area contributed by atoms with Gasteiger partial charge in [-0.25, -0.2) is 4.98 Å². The van der Waals surface area contributed by atoms with E-state index in [2.05, 4.69) is 15.6 Å². The Balaban J connectivity index is 1.51. The zero-order chi connectivity index (χ0) is 20.4. The Bertz CT molecular complexity index is 1200. The third-order valence-corrected chi connectivity index (χ3v) is 5.15. The van der Waals surface area contributed by atoms with Gasteiger partial charge in [0.15, 0.2) is 5.13 Å². The fourth-order valence-corrected chi connectivity index (χ4v) is 3.59. The molecule has 29 heavy (non-hydrogen) atoms. The van der Waals surface area contributed by atoms with Crippen LogP contribution in [0.15, 0.2) is 66.7 Å². The molecule has 7 nitrogen and oxygen atoms in total. The van der Waals surface area contributed by atoms with Crippen LogP contribution in [0.25, 0.3) is 10.2 Å². The third-order valence-electron chi connectivity index (χ3n) is 4.21. The van der Waals surface area contributed by atoms with E-state index in [1.807, 2.05) is 0 Å². The molecule has 1 heterocycles. The standard InChI is InChI=1S/C21H17N5O2S/c22-14-4-1-12(2-5-14)19(27)26-21-25-17-10-3-13(11-18(17)29-21)20(28)24-16-8-6-15(23)7-9-16/h1-11H,22-23H2,(H,24,28)(H,25,26,27). The second kappa shape index (κ2) is 7.61. The fourth-order valence-electron chi connectivity index (χ4n) is 2.69. The Morgan fingerprint density at radius 1 is 0.759 bits per heavy atom. The van der Waals surface area contributed by atoms with Gasteiger partial charge in [-0.1, -0.05) is 11.3 Å². The van der Waals surface area contributed by atoms with Gasteiger partial charge >= 0.3 is 0 Å². The summed E-state index contributed by atoms with van der Waals surface area (Å²) in [6, 6.07) is 18.7. The maximum atomic E-state index is 12.5. The molecule has 0 saturated heterocycles. The van der Waals surface area contributed by atoms with Gasteiger partial charge in [0.1, 0.15) is 0 Å². The van der Waals surface area contributed by atoms with Crippen molar-refractivity contribution >= 4 is 55.6 Å². The van der Waals surface area contributed by atoms with E-state index in [0.29, 0.717) is 38.8 Å². The summed E-state index contributed by atoms with van der Waals surface area (Å²) in [4.78, 5) is 29.3. The minimum Gasteiger partial charge on any atom is -0.399 e. The smallest absolute Gasteiger partial charge is 0.257 e. The average molecular weight is 403 g/mol. The molecule has 0 bridgehead atoms. The Kier molecular flexibility index (Phi) is 4.84. The SMILES string of the molecule is Nc1ccc(NC(=O)c2ccc3nc(NC(=O)c4ccc(N)cc4)sc3c2)cc1. The highest BCUT2D eigenvalue weighted by Gasteiger charge is 2.12. The van der Waals surface area contributed by atoms with Crippen molar-refractivity contribution in [1.29, 1.82) is 0 Å². The monoisotopic (exact) mass is 403 g/mol. The van der Waals surface area contributed by atoms with Gasteiger partial charge in [-0.3, -0.25) is 14.9 Å². The number of hydrogen-bond acceptors (Lipinski definition) is 6. The van der Waals surface area contributed by atoms with Gasteiger partial charge in [-0.15, -0.1) is 0 Å². The van der Waals surface area contributed by atoms with Crippen LogP contribution in [0.5, 0.6) is 0 Å². The van der Waals surface area contributed by atoms with Crippen molar-refractivity contribution in [3.63, 3.8) is 0 Å². The van der Waals surface area contributed by atoms with E-state index in [-0.39, 0.29) is 11.8 Å². The summed E-state index contributed by atoms with van der Waals surface area (Å²) < 4.78 is 0.794. The van der Waals surface area contributed by atoms with E-state index < -0.39 is 0 Å². The van der Waals surface area contributed by atoms with Crippen molar-refractivity contribution in [3.8, 4) is 0 Å². The first-order valence-corrected chi connectivity index (χ1v) is 9.54. The maximum Gasteiger partial charge on any atom is 0.257 e. The molecule has 0 saturated carbocycles. The molecular formula is C21H17N5O2S. The highest BCUT2D eigenvalue weighted by Crippen LogP contribution is 2.27. The molecule has 4 aromatic rings. The number of anilines is 4. The molecule has 0 aliphatic heterocycles. The number of nitrogen functional groups attached to an aromatic ring is 2. The Morgan fingerprint density at radius 3 is 2.03 bits per heavy atom. The van der Waals surface area contributed by atoms with E-state index in [9.17, 15) is 9.59 Å². The van der Waals surface area contributed by atoms with Crippen LogP contribution in [0.4, 0.5) is 22.2 Å². The Morgan fingerprint density at radius 2 is 1.34 bits per heavy atom. The summed E-state index contributed by atoms with van der Waals surface area (Å²) in [6.07, 6.45) is 0. The van der Waals surface area contributed by atoms with Crippen LogP contribution in [0.2, 0.25) is 0 Å². The summed E-state index contributed by atoms with van der Waals surface area (Å²) in [7, 11) is 0. The van der Waals surface area contributed by atoms with Gasteiger partial charge in [0.25, 0.3) is 11.8 Å². The Hall–Kier alpha value is -3.91. The minimum absolute atomic E-state index is 0.238. The third kappa shape index (κ3) is 4.17. The van der Waals surface area contributed by atoms with Gasteiger partial charge in [-0.05, 0) is 66.7 Å². The minimum atomic E-state index is -0.273. The van der Waals surface area contributed by atoms with Crippen LogP contribution >= 0.6 is 11.3 Å². The molecule has 0 aliphatic rings. The lowest BCUT2D eigenvalue weighted by atomic mass is 10.2. The van der Waals surface area contributed by atoms with Crippen LogP contribution in [-0.2, 0) is 0 Å². The molecule has 1 aromatic heterocycles. The molecule has 2 amide bonds. The van der Waals surface area contributed by atoms with E-state index >= 15 is 0 Å². The largest absolute Gasteiger partial charge is 0.399 e. The number of aromatic nitrogens is 1. The van der Waals surface area contributed by atoms with Crippen molar-refractivity contribution in [2.24, 2.45) is 0 Å². The van der Waals surface area contributed by atoms with E-state index in [1.54, 1.807) is 66.7 Å². The number of fused-ring (bicyclic) bond motifs is 1. The number of carbonyl (C=O) groups is 2. The summed E-state index contributed by atoms with van der Waals surface area (Å²) in [5.74, 6) is -0.511. The predicted molar refractivity (Wildman–Crippen MR) is 117 cm³/mol. The fraction of sp³-hybridized carbons (Fsp3) is 0. The second-order valence-corrected chi connectivity index (χ2v) is 7.38. The predicted octanol–water partition coefficient (Wildman–Crippen LogP) is 3.97.